The van der Waals surface area contributed by atoms with Gasteiger partial charge >= 0.3 is 5.63 Å². The fourth-order valence-corrected chi connectivity index (χ4v) is 4.08. The number of hydrogen-bond acceptors (Lipinski definition) is 5. The summed E-state index contributed by atoms with van der Waals surface area (Å²) in [6, 6.07) is 7.29. The molecule has 126 valence electrons. The third-order valence-corrected chi connectivity index (χ3v) is 5.46. The molecule has 0 aliphatic carbocycles. The second-order valence-electron chi connectivity index (χ2n) is 5.57. The fourth-order valence-electron chi connectivity index (χ4n) is 2.69. The number of piperidine rings is 1. The Morgan fingerprint density at radius 3 is 2.78 bits per heavy atom. The molecule has 2 unspecified atom stereocenters. The Morgan fingerprint density at radius 1 is 1.26 bits per heavy atom. The molecule has 0 spiro atoms. The minimum absolute atomic E-state index is 0. The number of fused-ring (bicyclic) bond motifs is 1. The Morgan fingerprint density at radius 2 is 2.04 bits per heavy atom. The van der Waals surface area contributed by atoms with Crippen LogP contribution < -0.4 is 15.7 Å². The Bertz CT molecular complexity index is 850. The normalized spacial score (nSPS) is 21.8. The lowest BCUT2D eigenvalue weighted by atomic mass is 10.0. The molecular weight excluding hydrogens is 340 g/mol. The summed E-state index contributed by atoms with van der Waals surface area (Å²) in [5.41, 5.74) is -0.0810. The molecule has 2 heterocycles. The number of rotatable bonds is 3. The SMILES string of the molecule is CC1NCCCC1NS(=O)(=O)c1ccc2oc(=O)ccc2c1.Cl. The van der Waals surface area contributed by atoms with Gasteiger partial charge in [-0.1, -0.05) is 0 Å². The minimum atomic E-state index is -3.60. The zero-order valence-electron chi connectivity index (χ0n) is 12.6. The smallest absolute Gasteiger partial charge is 0.336 e. The molecule has 23 heavy (non-hydrogen) atoms. The van der Waals surface area contributed by atoms with E-state index >= 15 is 0 Å². The van der Waals surface area contributed by atoms with Gasteiger partial charge in [-0.2, -0.15) is 0 Å². The van der Waals surface area contributed by atoms with Gasteiger partial charge in [0.25, 0.3) is 0 Å². The molecule has 6 nitrogen and oxygen atoms in total. The van der Waals surface area contributed by atoms with Gasteiger partial charge in [-0.15, -0.1) is 12.4 Å². The number of halogens is 1. The van der Waals surface area contributed by atoms with Gasteiger partial charge in [0.2, 0.25) is 10.0 Å². The first kappa shape index (κ1) is 17.9. The van der Waals surface area contributed by atoms with Gasteiger partial charge in [-0.3, -0.25) is 0 Å². The summed E-state index contributed by atoms with van der Waals surface area (Å²) in [7, 11) is -3.60. The maximum Gasteiger partial charge on any atom is 0.336 e. The summed E-state index contributed by atoms with van der Waals surface area (Å²) in [5.74, 6) is 0. The zero-order valence-corrected chi connectivity index (χ0v) is 14.2. The Kier molecular flexibility index (Phi) is 5.46. The van der Waals surface area contributed by atoms with E-state index in [1.807, 2.05) is 6.92 Å². The third kappa shape index (κ3) is 3.92. The van der Waals surface area contributed by atoms with Gasteiger partial charge in [0.1, 0.15) is 5.58 Å². The maximum atomic E-state index is 12.5. The largest absolute Gasteiger partial charge is 0.423 e. The van der Waals surface area contributed by atoms with Crippen LogP contribution in [0.2, 0.25) is 0 Å². The molecule has 2 atom stereocenters. The van der Waals surface area contributed by atoms with E-state index in [9.17, 15) is 13.2 Å². The molecule has 0 saturated carbocycles. The minimum Gasteiger partial charge on any atom is -0.423 e. The van der Waals surface area contributed by atoms with Gasteiger partial charge < -0.3 is 9.73 Å². The summed E-state index contributed by atoms with van der Waals surface area (Å²) in [6.07, 6.45) is 1.76. The maximum absolute atomic E-state index is 12.5. The van der Waals surface area contributed by atoms with Crippen LogP contribution in [0.5, 0.6) is 0 Å². The second kappa shape index (κ2) is 7.00. The van der Waals surface area contributed by atoms with E-state index in [4.69, 9.17) is 4.42 Å². The predicted molar refractivity (Wildman–Crippen MR) is 90.5 cm³/mol. The van der Waals surface area contributed by atoms with Crippen LogP contribution in [-0.4, -0.2) is 27.0 Å². The molecule has 1 aromatic heterocycles. The lowest BCUT2D eigenvalue weighted by Crippen LogP contribution is -2.51. The van der Waals surface area contributed by atoms with E-state index in [0.29, 0.717) is 11.0 Å². The predicted octanol–water partition coefficient (Wildman–Crippen LogP) is 1.63. The summed E-state index contributed by atoms with van der Waals surface area (Å²) in [5, 5.41) is 3.85. The average Bonchev–Trinajstić information content (AvgIpc) is 2.49. The molecule has 2 N–H and O–H groups in total. The van der Waals surface area contributed by atoms with Crippen molar-refractivity contribution in [3.05, 3.63) is 40.8 Å². The molecule has 3 rings (SSSR count). The number of hydrogen-bond donors (Lipinski definition) is 2. The van der Waals surface area contributed by atoms with E-state index in [1.54, 1.807) is 6.07 Å². The topological polar surface area (TPSA) is 88.4 Å². The fraction of sp³-hybridized carbons (Fsp3) is 0.400. The van der Waals surface area contributed by atoms with E-state index in [1.165, 1.54) is 24.3 Å². The van der Waals surface area contributed by atoms with Crippen LogP contribution >= 0.6 is 12.4 Å². The summed E-state index contributed by atoms with van der Waals surface area (Å²) < 4.78 is 32.8. The molecular formula is C15H19ClN2O4S. The zero-order chi connectivity index (χ0) is 15.7. The molecule has 1 saturated heterocycles. The van der Waals surface area contributed by atoms with Crippen LogP contribution in [0.3, 0.4) is 0 Å². The van der Waals surface area contributed by atoms with Crippen LogP contribution in [0.1, 0.15) is 19.8 Å². The van der Waals surface area contributed by atoms with Gasteiger partial charge in [0.15, 0.2) is 0 Å². The molecule has 1 aromatic carbocycles. The van der Waals surface area contributed by atoms with Crippen molar-refractivity contribution >= 4 is 33.4 Å². The van der Waals surface area contributed by atoms with Gasteiger partial charge in [0.05, 0.1) is 4.90 Å². The quantitative estimate of drug-likeness (QED) is 0.814. The van der Waals surface area contributed by atoms with Crippen LogP contribution in [0, 0.1) is 0 Å². The molecule has 8 heteroatoms. The highest BCUT2D eigenvalue weighted by molar-refractivity contribution is 7.89. The van der Waals surface area contributed by atoms with Crippen LogP contribution in [-0.2, 0) is 10.0 Å². The van der Waals surface area contributed by atoms with Crippen molar-refractivity contribution in [1.82, 2.24) is 10.0 Å². The van der Waals surface area contributed by atoms with Gasteiger partial charge in [-0.05, 0) is 50.6 Å². The Labute approximate surface area is 140 Å². The van der Waals surface area contributed by atoms with Gasteiger partial charge in [0, 0.05) is 23.5 Å². The first-order valence-corrected chi connectivity index (χ1v) is 8.74. The molecule has 2 aromatic rings. The molecule has 0 bridgehead atoms. The summed E-state index contributed by atoms with van der Waals surface area (Å²) in [4.78, 5) is 11.3. The molecule has 1 aliphatic rings. The monoisotopic (exact) mass is 358 g/mol. The van der Waals surface area contributed by atoms with E-state index < -0.39 is 15.6 Å². The molecule has 1 aliphatic heterocycles. The van der Waals surface area contributed by atoms with Crippen molar-refractivity contribution in [3.63, 3.8) is 0 Å². The van der Waals surface area contributed by atoms with Crippen molar-refractivity contribution in [2.24, 2.45) is 0 Å². The first-order valence-electron chi connectivity index (χ1n) is 7.25. The van der Waals surface area contributed by atoms with E-state index in [-0.39, 0.29) is 29.4 Å². The van der Waals surface area contributed by atoms with E-state index in [2.05, 4.69) is 10.0 Å². The van der Waals surface area contributed by atoms with Crippen molar-refractivity contribution in [2.75, 3.05) is 6.54 Å². The molecule has 0 radical (unpaired) electrons. The van der Waals surface area contributed by atoms with Crippen molar-refractivity contribution in [1.29, 1.82) is 0 Å². The van der Waals surface area contributed by atoms with Crippen molar-refractivity contribution in [3.8, 4) is 0 Å². The van der Waals surface area contributed by atoms with Gasteiger partial charge in [-0.25, -0.2) is 17.9 Å². The Hall–Kier alpha value is -1.41. The third-order valence-electron chi connectivity index (χ3n) is 3.97. The highest BCUT2D eigenvalue weighted by Gasteiger charge is 2.26. The highest BCUT2D eigenvalue weighted by Crippen LogP contribution is 2.19. The second-order valence-corrected chi connectivity index (χ2v) is 7.28. The standard InChI is InChI=1S/C15H18N2O4S.ClH/c1-10-13(3-2-8-16-10)17-22(19,20)12-5-6-14-11(9-12)4-7-15(18)21-14;/h4-7,9-10,13,16-17H,2-3,8H2,1H3;1H. The average molecular weight is 359 g/mol. The summed E-state index contributed by atoms with van der Waals surface area (Å²) >= 11 is 0. The summed E-state index contributed by atoms with van der Waals surface area (Å²) in [6.45, 7) is 2.88. The molecule has 1 fully saturated rings. The first-order chi connectivity index (χ1) is 10.5. The van der Waals surface area contributed by atoms with Crippen molar-refractivity contribution < 1.29 is 12.8 Å². The highest BCUT2D eigenvalue weighted by atomic mass is 35.5. The Balaban J connectivity index is 0.00000192. The lowest BCUT2D eigenvalue weighted by Gasteiger charge is -2.30. The van der Waals surface area contributed by atoms with Crippen LogP contribution in [0.15, 0.2) is 44.4 Å². The molecule has 0 amide bonds. The number of benzene rings is 1. The van der Waals surface area contributed by atoms with Crippen LogP contribution in [0.4, 0.5) is 0 Å². The van der Waals surface area contributed by atoms with E-state index in [0.717, 1.165) is 19.4 Å². The van der Waals surface area contributed by atoms with Crippen molar-refractivity contribution in [2.45, 2.75) is 36.7 Å². The number of sulfonamides is 1. The lowest BCUT2D eigenvalue weighted by molar-refractivity contribution is 0.349. The number of nitrogens with one attached hydrogen (secondary N) is 2. The van der Waals surface area contributed by atoms with Crippen LogP contribution in [0.25, 0.3) is 11.0 Å².